The monoisotopic (exact) mass is 314 g/mol. The highest BCUT2D eigenvalue weighted by Gasteiger charge is 2.22. The van der Waals surface area contributed by atoms with E-state index in [4.69, 9.17) is 0 Å². The molecule has 1 unspecified atom stereocenters. The van der Waals surface area contributed by atoms with Crippen LogP contribution in [0.15, 0.2) is 0 Å². The second-order valence-corrected chi connectivity index (χ2v) is 7.49. The summed E-state index contributed by atoms with van der Waals surface area (Å²) in [5, 5.41) is 0. The summed E-state index contributed by atoms with van der Waals surface area (Å²) in [5.41, 5.74) is 0. The van der Waals surface area contributed by atoms with Crippen molar-refractivity contribution < 1.29 is 0 Å². The molecule has 0 bridgehead atoms. The summed E-state index contributed by atoms with van der Waals surface area (Å²) < 4.78 is 2.58. The van der Waals surface area contributed by atoms with E-state index >= 15 is 0 Å². The highest BCUT2D eigenvalue weighted by Crippen LogP contribution is 2.17. The van der Waals surface area contributed by atoms with Crippen LogP contribution in [0.5, 0.6) is 0 Å². The number of nitrogens with zero attached hydrogens (tertiary/aromatic N) is 4. The number of piperazine rings is 2. The van der Waals surface area contributed by atoms with Crippen LogP contribution in [-0.2, 0) is 0 Å². The molecule has 0 N–H and O–H groups in total. The van der Waals surface area contributed by atoms with Gasteiger partial charge in [-0.25, -0.2) is 4.31 Å². The van der Waals surface area contributed by atoms with E-state index in [1.54, 1.807) is 0 Å². The van der Waals surface area contributed by atoms with E-state index in [1.807, 2.05) is 0 Å². The summed E-state index contributed by atoms with van der Waals surface area (Å²) in [5.74, 6) is 1.25. The lowest BCUT2D eigenvalue weighted by atomic mass is 10.2. The molecule has 0 aromatic rings. The Balaban J connectivity index is 1.61. The maximum absolute atomic E-state index is 2.68. The third-order valence-electron chi connectivity index (χ3n) is 4.85. The number of likely N-dealkylation sites (N-methyl/N-ethyl adjacent to an activating group) is 1. The summed E-state index contributed by atoms with van der Waals surface area (Å²) >= 11 is 2.07. The normalized spacial score (nSPS) is 25.3. The SMILES string of the molecule is CCCN1CCN(C(C)CSN2CCN(CC)CC2)CC1. The minimum Gasteiger partial charge on any atom is -0.301 e. The Morgan fingerprint density at radius 3 is 2.05 bits per heavy atom. The fraction of sp³-hybridized carbons (Fsp3) is 1.00. The quantitative estimate of drug-likeness (QED) is 0.661. The molecule has 2 fully saturated rings. The van der Waals surface area contributed by atoms with E-state index in [0.29, 0.717) is 6.04 Å². The third-order valence-corrected chi connectivity index (χ3v) is 6.21. The van der Waals surface area contributed by atoms with Gasteiger partial charge in [-0.3, -0.25) is 4.90 Å². The van der Waals surface area contributed by atoms with Gasteiger partial charge >= 0.3 is 0 Å². The Hall–Kier alpha value is 0.190. The molecular weight excluding hydrogens is 280 g/mol. The third kappa shape index (κ3) is 5.71. The van der Waals surface area contributed by atoms with Crippen molar-refractivity contribution in [3.05, 3.63) is 0 Å². The first-order valence-corrected chi connectivity index (χ1v) is 9.73. The van der Waals surface area contributed by atoms with Crippen LogP contribution in [0.2, 0.25) is 0 Å². The van der Waals surface area contributed by atoms with Gasteiger partial charge in [0.1, 0.15) is 0 Å². The molecule has 0 aliphatic carbocycles. The fourth-order valence-corrected chi connectivity index (χ4v) is 4.30. The molecule has 0 aromatic carbocycles. The van der Waals surface area contributed by atoms with Gasteiger partial charge in [-0.05, 0) is 26.4 Å². The predicted octanol–water partition coefficient (Wildman–Crippen LogP) is 1.69. The first kappa shape index (κ1) is 17.5. The molecule has 21 heavy (non-hydrogen) atoms. The van der Waals surface area contributed by atoms with E-state index in [9.17, 15) is 0 Å². The zero-order chi connectivity index (χ0) is 15.1. The minimum atomic E-state index is 0.711. The summed E-state index contributed by atoms with van der Waals surface area (Å²) in [7, 11) is 0. The number of hydrogen-bond donors (Lipinski definition) is 0. The van der Waals surface area contributed by atoms with Gasteiger partial charge in [-0.15, -0.1) is 0 Å². The second-order valence-electron chi connectivity index (χ2n) is 6.39. The van der Waals surface area contributed by atoms with Crippen molar-refractivity contribution in [1.29, 1.82) is 0 Å². The van der Waals surface area contributed by atoms with Crippen molar-refractivity contribution in [1.82, 2.24) is 19.0 Å². The molecule has 2 saturated heterocycles. The summed E-state index contributed by atoms with van der Waals surface area (Å²) in [6, 6.07) is 0.711. The average molecular weight is 315 g/mol. The van der Waals surface area contributed by atoms with Crippen LogP contribution in [0, 0.1) is 0 Å². The van der Waals surface area contributed by atoms with E-state index < -0.39 is 0 Å². The van der Waals surface area contributed by atoms with Gasteiger partial charge in [0.25, 0.3) is 0 Å². The first-order chi connectivity index (χ1) is 10.2. The van der Waals surface area contributed by atoms with E-state index in [0.717, 1.165) is 0 Å². The zero-order valence-electron chi connectivity index (χ0n) is 14.3. The lowest BCUT2D eigenvalue weighted by molar-refractivity contribution is 0.110. The van der Waals surface area contributed by atoms with Gasteiger partial charge in [-0.2, -0.15) is 0 Å². The molecule has 2 aliphatic heterocycles. The largest absolute Gasteiger partial charge is 0.301 e. The molecule has 1 atom stereocenters. The standard InChI is InChI=1S/C16H34N4S/c1-4-6-18-7-11-19(12-8-18)16(3)15-21-20-13-9-17(5-2)10-14-20/h16H,4-15H2,1-3H3. The van der Waals surface area contributed by atoms with E-state index in [1.165, 1.54) is 77.6 Å². The van der Waals surface area contributed by atoms with Crippen molar-refractivity contribution in [3.8, 4) is 0 Å². The van der Waals surface area contributed by atoms with Gasteiger partial charge in [0.2, 0.25) is 0 Å². The fourth-order valence-electron chi connectivity index (χ4n) is 3.24. The Bertz CT molecular complexity index is 273. The highest BCUT2D eigenvalue weighted by molar-refractivity contribution is 7.97. The molecule has 2 aliphatic rings. The maximum atomic E-state index is 2.68. The molecule has 0 saturated carbocycles. The van der Waals surface area contributed by atoms with Crippen LogP contribution < -0.4 is 0 Å². The molecule has 2 heterocycles. The Morgan fingerprint density at radius 2 is 1.48 bits per heavy atom. The average Bonchev–Trinajstić information content (AvgIpc) is 2.54. The summed E-state index contributed by atoms with van der Waals surface area (Å²) in [4.78, 5) is 7.84. The first-order valence-electron chi connectivity index (χ1n) is 8.79. The maximum Gasteiger partial charge on any atom is 0.0235 e. The topological polar surface area (TPSA) is 13.0 Å². The zero-order valence-corrected chi connectivity index (χ0v) is 15.1. The lowest BCUT2D eigenvalue weighted by Gasteiger charge is -2.39. The second kappa shape index (κ2) is 9.36. The van der Waals surface area contributed by atoms with Crippen LogP contribution in [0.3, 0.4) is 0 Å². The molecule has 2 rings (SSSR count). The molecule has 0 spiro atoms. The van der Waals surface area contributed by atoms with E-state index in [-0.39, 0.29) is 0 Å². The molecule has 0 radical (unpaired) electrons. The smallest absolute Gasteiger partial charge is 0.0235 e. The lowest BCUT2D eigenvalue weighted by Crippen LogP contribution is -2.50. The summed E-state index contributed by atoms with van der Waals surface area (Å²) in [6.07, 6.45) is 1.29. The number of rotatable bonds is 7. The Labute approximate surface area is 135 Å². The van der Waals surface area contributed by atoms with Crippen LogP contribution in [-0.4, -0.2) is 96.2 Å². The summed E-state index contributed by atoms with van der Waals surface area (Å²) in [6.45, 7) is 19.4. The van der Waals surface area contributed by atoms with E-state index in [2.05, 4.69) is 51.7 Å². The van der Waals surface area contributed by atoms with Crippen molar-refractivity contribution in [2.24, 2.45) is 0 Å². The molecule has 5 heteroatoms. The Kier molecular flexibility index (Phi) is 7.82. The molecule has 0 aromatic heterocycles. The van der Waals surface area contributed by atoms with Crippen molar-refractivity contribution in [2.75, 3.05) is 71.2 Å². The minimum absolute atomic E-state index is 0.711. The van der Waals surface area contributed by atoms with Gasteiger partial charge in [0, 0.05) is 64.2 Å². The van der Waals surface area contributed by atoms with Crippen LogP contribution >= 0.6 is 11.9 Å². The van der Waals surface area contributed by atoms with Gasteiger partial charge in [0.15, 0.2) is 0 Å². The molecule has 124 valence electrons. The van der Waals surface area contributed by atoms with Crippen molar-refractivity contribution >= 4 is 11.9 Å². The van der Waals surface area contributed by atoms with Crippen LogP contribution in [0.4, 0.5) is 0 Å². The van der Waals surface area contributed by atoms with Crippen molar-refractivity contribution in [3.63, 3.8) is 0 Å². The van der Waals surface area contributed by atoms with Crippen LogP contribution in [0.25, 0.3) is 0 Å². The van der Waals surface area contributed by atoms with Gasteiger partial charge in [0.05, 0.1) is 0 Å². The van der Waals surface area contributed by atoms with Crippen molar-refractivity contribution in [2.45, 2.75) is 33.2 Å². The van der Waals surface area contributed by atoms with Crippen LogP contribution in [0.1, 0.15) is 27.2 Å². The molecule has 0 amide bonds. The van der Waals surface area contributed by atoms with Gasteiger partial charge in [-0.1, -0.05) is 25.8 Å². The number of hydrogen-bond acceptors (Lipinski definition) is 5. The predicted molar refractivity (Wildman–Crippen MR) is 93.9 cm³/mol. The Morgan fingerprint density at radius 1 is 0.857 bits per heavy atom. The molecular formula is C16H34N4S. The van der Waals surface area contributed by atoms with Gasteiger partial charge < -0.3 is 9.80 Å². The molecule has 4 nitrogen and oxygen atoms in total. The highest BCUT2D eigenvalue weighted by atomic mass is 32.2.